The van der Waals surface area contributed by atoms with Crippen molar-refractivity contribution in [3.05, 3.63) is 268 Å². The molecule has 0 saturated carbocycles. The topological polar surface area (TPSA) is 273 Å². The molecule has 580 valence electrons. The zero-order valence-electron chi connectivity index (χ0n) is 60.1. The Kier molecular flexibility index (Phi) is 26.8. The maximum atomic E-state index is 13.6. The summed E-state index contributed by atoms with van der Waals surface area (Å²) in [5.41, 5.74) is 0.922. The summed E-state index contributed by atoms with van der Waals surface area (Å²) in [7, 11) is 7.59. The maximum absolute atomic E-state index is 13.6. The fraction of sp³-hybridized carbons (Fsp3) is 0.289. The Labute approximate surface area is 680 Å². The molecule has 0 atom stereocenters. The SMILES string of the molecule is CN(C)CCCn1c(=O)c([N+](=O)[O-])c(N2CCN(C(=O)c3ccc(Cl)c(Cl)c3)CC2)c2cc(Cl)ccc21.CN(C)CCn1c(=O)c([N+](=O)[O-])c(N2CCN(C(=O)c3ccc(Cl)c(Cl)c3)CC2)c2cc(Cl)ccc21.O=C(c1ccc(Cl)c(Cl)c1)N1CCN(c2c([N+](=O)[O-])c(=O)n(Cc3ccccc3)c3ccc(Cl)cc23)CC1. The van der Waals surface area contributed by atoms with Crippen molar-refractivity contribution in [2.45, 2.75) is 26.1 Å². The molecular formula is C76H71Cl9N14O12. The number of nitro groups is 3. The van der Waals surface area contributed by atoms with Crippen LogP contribution in [0.1, 0.15) is 43.1 Å². The summed E-state index contributed by atoms with van der Waals surface area (Å²) < 4.78 is 4.30. The zero-order chi connectivity index (χ0) is 80.0. The van der Waals surface area contributed by atoms with Crippen LogP contribution in [0.25, 0.3) is 32.7 Å². The van der Waals surface area contributed by atoms with Crippen molar-refractivity contribution in [3.8, 4) is 0 Å². The number of rotatable bonds is 18. The van der Waals surface area contributed by atoms with Gasteiger partial charge in [0, 0.05) is 146 Å². The summed E-state index contributed by atoms with van der Waals surface area (Å²) in [6, 6.07) is 38.5. The second kappa shape index (κ2) is 36.0. The number of hydrogen-bond donors (Lipinski definition) is 0. The molecule has 0 aliphatic carbocycles. The Morgan fingerprint density at radius 2 is 0.676 bits per heavy atom. The van der Waals surface area contributed by atoms with E-state index in [2.05, 4.69) is 0 Å². The molecule has 3 aliphatic heterocycles. The Bertz CT molecular complexity index is 5500. The highest BCUT2D eigenvalue weighted by atomic mass is 35.5. The number of hydrogen-bond acceptors (Lipinski definition) is 17. The van der Waals surface area contributed by atoms with Crippen LogP contribution >= 0.6 is 104 Å². The van der Waals surface area contributed by atoms with Crippen molar-refractivity contribution in [1.29, 1.82) is 0 Å². The van der Waals surface area contributed by atoms with E-state index in [0.29, 0.717) is 164 Å². The van der Waals surface area contributed by atoms with Crippen LogP contribution in [0.4, 0.5) is 34.1 Å². The second-order valence-electron chi connectivity index (χ2n) is 26.8. The number of nitrogens with zero attached hydrogens (tertiary/aromatic N) is 14. The standard InChI is InChI=1S/C27H21Cl3N4O4.C25H26Cl3N5O4.C24H24Cl3N5O4/c28-19-7-9-23-20(15-19)24(25(34(37)38)27(36)33(23)16-17-4-2-1-3-5-17)31-10-12-32(13-11-31)26(35)18-6-8-21(29)22(30)14-18;1-29(2)8-3-9-32-21-7-5-17(26)15-18(21)22(23(25(32)35)33(36)37)30-10-12-31(13-11-30)24(34)16-4-6-19(27)20(28)14-16;1-28(2)7-12-31-20-6-4-16(25)14-17(20)21(22(24(31)34)32(35)36)29-8-10-30(11-9-29)23(33)15-3-5-18(26)19(27)13-15/h1-9,14-15H,10-13,16H2;4-7,14-15H,3,8-13H2,1-2H3;3-6,13-14H,7-12H2,1-2H3. The zero-order valence-corrected chi connectivity index (χ0v) is 66.9. The number of amides is 3. The van der Waals surface area contributed by atoms with Gasteiger partial charge in [-0.15, -0.1) is 0 Å². The third kappa shape index (κ3) is 18.6. The molecule has 3 fully saturated rings. The van der Waals surface area contributed by atoms with Gasteiger partial charge in [0.1, 0.15) is 17.1 Å². The lowest BCUT2D eigenvalue weighted by Crippen LogP contribution is -2.49. The molecule has 3 amide bonds. The van der Waals surface area contributed by atoms with Crippen molar-refractivity contribution in [2.24, 2.45) is 0 Å². The molecule has 26 nitrogen and oxygen atoms in total. The van der Waals surface area contributed by atoms with Crippen molar-refractivity contribution < 1.29 is 29.2 Å². The average Bonchev–Trinajstić information content (AvgIpc) is 0.755. The van der Waals surface area contributed by atoms with Crippen LogP contribution in [-0.2, 0) is 19.6 Å². The van der Waals surface area contributed by atoms with Crippen molar-refractivity contribution >= 4 is 189 Å². The predicted molar refractivity (Wildman–Crippen MR) is 441 cm³/mol. The van der Waals surface area contributed by atoms with E-state index in [1.807, 2.05) is 68.3 Å². The number of aromatic nitrogens is 3. The van der Waals surface area contributed by atoms with E-state index in [0.717, 1.165) is 12.1 Å². The van der Waals surface area contributed by atoms with Crippen LogP contribution in [0.15, 0.2) is 154 Å². The van der Waals surface area contributed by atoms with Crippen LogP contribution in [0.3, 0.4) is 0 Å². The van der Waals surface area contributed by atoms with Gasteiger partial charge >= 0.3 is 33.7 Å². The number of piperazine rings is 3. The van der Waals surface area contributed by atoms with Crippen molar-refractivity contribution in [1.82, 2.24) is 38.2 Å². The third-order valence-corrected chi connectivity index (χ3v) is 22.1. The minimum absolute atomic E-state index is 0.171. The van der Waals surface area contributed by atoms with E-state index >= 15 is 0 Å². The average molecular weight is 1690 g/mol. The van der Waals surface area contributed by atoms with E-state index in [1.54, 1.807) is 120 Å². The normalized spacial score (nSPS) is 13.9. The first-order chi connectivity index (χ1) is 52.9. The molecule has 111 heavy (non-hydrogen) atoms. The Morgan fingerprint density at radius 3 is 0.982 bits per heavy atom. The molecule has 6 heterocycles. The third-order valence-electron chi connectivity index (χ3n) is 19.2. The number of anilines is 3. The first-order valence-electron chi connectivity index (χ1n) is 34.7. The molecule has 0 radical (unpaired) electrons. The van der Waals surface area contributed by atoms with Gasteiger partial charge in [0.05, 0.1) is 68.0 Å². The summed E-state index contributed by atoms with van der Waals surface area (Å²) in [5.74, 6) is -0.643. The quantitative estimate of drug-likeness (QED) is 0.0570. The Hall–Kier alpha value is -9.29. The fourth-order valence-corrected chi connectivity index (χ4v) is 15.1. The second-order valence-corrected chi connectivity index (χ2v) is 30.6. The first kappa shape index (κ1) is 82.7. The van der Waals surface area contributed by atoms with E-state index in [-0.39, 0.29) is 76.0 Å². The first-order valence-corrected chi connectivity index (χ1v) is 38.1. The van der Waals surface area contributed by atoms with Gasteiger partial charge in [-0.25, -0.2) is 0 Å². The van der Waals surface area contributed by atoms with E-state index in [9.17, 15) is 59.1 Å². The lowest BCUT2D eigenvalue weighted by Gasteiger charge is -2.36. The number of aryl methyl sites for hydroxylation is 1. The molecule has 3 saturated heterocycles. The van der Waals surface area contributed by atoms with Crippen LogP contribution in [0.5, 0.6) is 0 Å². The van der Waals surface area contributed by atoms with Gasteiger partial charge in [0.25, 0.3) is 17.7 Å². The largest absolute Gasteiger partial charge is 0.362 e. The Morgan fingerprint density at radius 1 is 0.369 bits per heavy atom. The highest BCUT2D eigenvalue weighted by Crippen LogP contribution is 2.40. The number of pyridine rings is 3. The smallest absolute Gasteiger partial charge is 0.357 e. The molecular weight excluding hydrogens is 1620 g/mol. The highest BCUT2D eigenvalue weighted by molar-refractivity contribution is 6.43. The molecule has 10 aromatic rings. The van der Waals surface area contributed by atoms with E-state index in [1.165, 1.54) is 31.9 Å². The number of carbonyl (C=O) groups excluding carboxylic acids is 3. The van der Waals surface area contributed by atoms with Gasteiger partial charge in [-0.1, -0.05) is 135 Å². The van der Waals surface area contributed by atoms with Gasteiger partial charge in [-0.05, 0) is 156 Å². The van der Waals surface area contributed by atoms with Gasteiger partial charge in [0.2, 0.25) is 0 Å². The summed E-state index contributed by atoms with van der Waals surface area (Å²) in [6.45, 7) is 5.68. The lowest BCUT2D eigenvalue weighted by molar-refractivity contribution is -0.385. The van der Waals surface area contributed by atoms with Crippen LogP contribution < -0.4 is 31.4 Å². The maximum Gasteiger partial charge on any atom is 0.357 e. The number of fused-ring (bicyclic) bond motifs is 3. The summed E-state index contributed by atoms with van der Waals surface area (Å²) >= 11 is 55.0. The fourth-order valence-electron chi connectivity index (χ4n) is 13.7. The predicted octanol–water partition coefficient (Wildman–Crippen LogP) is 15.1. The molecule has 7 aromatic carbocycles. The number of benzene rings is 7. The van der Waals surface area contributed by atoms with Crippen LogP contribution in [0.2, 0.25) is 45.2 Å². The molecule has 0 N–H and O–H groups in total. The summed E-state index contributed by atoms with van der Waals surface area (Å²) in [4.78, 5) is 128. The van der Waals surface area contributed by atoms with Crippen LogP contribution in [0, 0.1) is 30.3 Å². The highest BCUT2D eigenvalue weighted by Gasteiger charge is 2.37. The number of carbonyl (C=O) groups is 3. The molecule has 35 heteroatoms. The molecule has 3 aliphatic rings. The van der Waals surface area contributed by atoms with Gasteiger partial charge in [0.15, 0.2) is 0 Å². The number of likely N-dealkylation sites (N-methyl/N-ethyl adjacent to an activating group) is 1. The lowest BCUT2D eigenvalue weighted by atomic mass is 10.1. The van der Waals surface area contributed by atoms with Gasteiger partial charge < -0.3 is 48.3 Å². The summed E-state index contributed by atoms with van der Waals surface area (Å²) in [6.07, 6.45) is 0.649. The molecule has 0 unspecified atom stereocenters. The molecule has 13 rings (SSSR count). The minimum atomic E-state index is -0.696. The van der Waals surface area contributed by atoms with E-state index < -0.39 is 48.5 Å². The van der Waals surface area contributed by atoms with Crippen molar-refractivity contribution in [2.75, 3.05) is 135 Å². The molecule has 0 spiro atoms. The van der Waals surface area contributed by atoms with E-state index in [4.69, 9.17) is 104 Å². The van der Waals surface area contributed by atoms with Gasteiger partial charge in [-0.3, -0.25) is 63.7 Å². The van der Waals surface area contributed by atoms with Crippen molar-refractivity contribution in [3.63, 3.8) is 0 Å². The Balaban J connectivity index is 0.000000165. The summed E-state index contributed by atoms with van der Waals surface area (Å²) in [5, 5.41) is 41.3. The van der Waals surface area contributed by atoms with Gasteiger partial charge in [-0.2, -0.15) is 0 Å². The minimum Gasteiger partial charge on any atom is -0.362 e. The van der Waals surface area contributed by atoms with Crippen LogP contribution in [-0.4, -0.2) is 191 Å². The molecule has 3 aromatic heterocycles. The molecule has 0 bridgehead atoms. The monoisotopic (exact) mass is 1690 g/mol. The number of halogens is 9.